The van der Waals surface area contributed by atoms with Gasteiger partial charge in [0.2, 0.25) is 6.29 Å². The van der Waals surface area contributed by atoms with E-state index in [2.05, 4.69) is 0 Å². The minimum atomic E-state index is -1.11. The van der Waals surface area contributed by atoms with Gasteiger partial charge in [-0.25, -0.2) is 4.79 Å². The molecule has 126 valence electrons. The Morgan fingerprint density at radius 3 is 2.61 bits per heavy atom. The first kappa shape index (κ1) is 17.3. The first-order valence-electron chi connectivity index (χ1n) is 7.44. The van der Waals surface area contributed by atoms with Crippen LogP contribution in [0.5, 0.6) is 5.75 Å². The van der Waals surface area contributed by atoms with Gasteiger partial charge < -0.3 is 19.3 Å². The van der Waals surface area contributed by atoms with Crippen molar-refractivity contribution in [3.63, 3.8) is 0 Å². The number of carbonyl (C=O) groups is 2. The van der Waals surface area contributed by atoms with E-state index in [-0.39, 0.29) is 6.42 Å². The van der Waals surface area contributed by atoms with Gasteiger partial charge in [-0.15, -0.1) is 0 Å². The first-order chi connectivity index (χ1) is 10.7. The molecule has 0 amide bonds. The third kappa shape index (κ3) is 4.01. The summed E-state index contributed by atoms with van der Waals surface area (Å²) in [6.07, 6.45) is -1.70. The topological polar surface area (TPSA) is 82.1 Å². The number of cyclic esters (lactones) is 1. The van der Waals surface area contributed by atoms with Crippen LogP contribution >= 0.6 is 0 Å². The summed E-state index contributed by atoms with van der Waals surface area (Å²) in [4.78, 5) is 23.7. The fourth-order valence-electron chi connectivity index (χ4n) is 2.41. The quantitative estimate of drug-likeness (QED) is 0.837. The number of hydrogen-bond donors (Lipinski definition) is 1. The summed E-state index contributed by atoms with van der Waals surface area (Å²) in [5.74, 6) is -2.10. The Kier molecular flexibility index (Phi) is 4.94. The van der Waals surface area contributed by atoms with Crippen molar-refractivity contribution in [1.29, 1.82) is 0 Å². The van der Waals surface area contributed by atoms with E-state index in [0.29, 0.717) is 5.75 Å². The van der Waals surface area contributed by atoms with Gasteiger partial charge in [0.1, 0.15) is 5.75 Å². The second kappa shape index (κ2) is 6.58. The number of rotatable bonds is 5. The summed E-state index contributed by atoms with van der Waals surface area (Å²) >= 11 is 0. The molecule has 1 aliphatic heterocycles. The number of hydrogen-bond acceptors (Lipinski definition) is 5. The Morgan fingerprint density at radius 2 is 2.09 bits per heavy atom. The molecule has 0 radical (unpaired) electrons. The molecule has 0 unspecified atom stereocenters. The highest BCUT2D eigenvalue weighted by atomic mass is 16.8. The van der Waals surface area contributed by atoms with Gasteiger partial charge in [0.25, 0.3) is 0 Å². The minimum Gasteiger partial charge on any atom is -0.497 e. The van der Waals surface area contributed by atoms with Crippen molar-refractivity contribution in [3.05, 3.63) is 29.8 Å². The standard InChI is InChI=1S/C17H22O6/c1-17(2,3)16-22-13(15(20)23-16)12(14(18)19)9-10-6-5-7-11(8-10)21-4/h5-8,12-13,16H,9H2,1-4H3,(H,18,19)/t12-,13+,16+/m1/s1. The highest BCUT2D eigenvalue weighted by Gasteiger charge is 2.47. The lowest BCUT2D eigenvalue weighted by Gasteiger charge is -2.24. The average Bonchev–Trinajstić information content (AvgIpc) is 2.86. The van der Waals surface area contributed by atoms with Crippen LogP contribution in [0.2, 0.25) is 0 Å². The summed E-state index contributed by atoms with van der Waals surface area (Å²) in [6, 6.07) is 7.09. The van der Waals surface area contributed by atoms with Crippen molar-refractivity contribution >= 4 is 11.9 Å². The van der Waals surface area contributed by atoms with Gasteiger partial charge in [0.05, 0.1) is 13.0 Å². The van der Waals surface area contributed by atoms with E-state index in [1.165, 1.54) is 0 Å². The highest BCUT2D eigenvalue weighted by molar-refractivity contribution is 5.84. The molecular weight excluding hydrogens is 300 g/mol. The average molecular weight is 322 g/mol. The molecule has 6 nitrogen and oxygen atoms in total. The zero-order chi connectivity index (χ0) is 17.2. The summed E-state index contributed by atoms with van der Waals surface area (Å²) < 4.78 is 15.9. The molecule has 1 aromatic carbocycles. The van der Waals surface area contributed by atoms with Crippen LogP contribution in [0, 0.1) is 11.3 Å². The molecule has 3 atom stereocenters. The summed E-state index contributed by atoms with van der Waals surface area (Å²) in [5.41, 5.74) is 0.344. The molecule has 23 heavy (non-hydrogen) atoms. The van der Waals surface area contributed by atoms with Crippen LogP contribution in [0.3, 0.4) is 0 Å². The lowest BCUT2D eigenvalue weighted by Crippen LogP contribution is -2.35. The van der Waals surface area contributed by atoms with Crippen LogP contribution < -0.4 is 4.74 Å². The fourth-order valence-corrected chi connectivity index (χ4v) is 2.41. The lowest BCUT2D eigenvalue weighted by molar-refractivity contribution is -0.155. The van der Waals surface area contributed by atoms with Crippen LogP contribution in [0.15, 0.2) is 24.3 Å². The molecule has 1 aliphatic rings. The van der Waals surface area contributed by atoms with Crippen LogP contribution in [-0.4, -0.2) is 36.5 Å². The summed E-state index contributed by atoms with van der Waals surface area (Å²) in [5, 5.41) is 9.51. The molecule has 0 spiro atoms. The van der Waals surface area contributed by atoms with E-state index < -0.39 is 35.7 Å². The van der Waals surface area contributed by atoms with Gasteiger partial charge >= 0.3 is 11.9 Å². The van der Waals surface area contributed by atoms with Gasteiger partial charge in [-0.1, -0.05) is 32.9 Å². The Labute approximate surface area is 135 Å². The Balaban J connectivity index is 2.18. The van der Waals surface area contributed by atoms with Crippen molar-refractivity contribution in [3.8, 4) is 5.75 Å². The SMILES string of the molecule is COc1cccc(C[C@@H](C(=O)O)[C@@H]2O[C@H](C(C)(C)C)OC2=O)c1. The van der Waals surface area contributed by atoms with Crippen molar-refractivity contribution in [2.45, 2.75) is 39.6 Å². The maximum absolute atomic E-state index is 12.1. The normalized spacial score (nSPS) is 22.5. The number of esters is 1. The second-order valence-electron chi connectivity index (χ2n) is 6.69. The van der Waals surface area contributed by atoms with E-state index in [4.69, 9.17) is 14.2 Å². The molecule has 0 aromatic heterocycles. The maximum Gasteiger partial charge on any atom is 0.338 e. The van der Waals surface area contributed by atoms with Crippen LogP contribution in [0.25, 0.3) is 0 Å². The van der Waals surface area contributed by atoms with E-state index >= 15 is 0 Å². The van der Waals surface area contributed by atoms with E-state index in [1.807, 2.05) is 20.8 Å². The molecule has 1 aromatic rings. The van der Waals surface area contributed by atoms with Crippen molar-refractivity contribution in [1.82, 2.24) is 0 Å². The third-order valence-electron chi connectivity index (χ3n) is 3.71. The monoisotopic (exact) mass is 322 g/mol. The molecule has 1 fully saturated rings. The number of ether oxygens (including phenoxy) is 3. The molecule has 6 heteroatoms. The molecular formula is C17H22O6. The van der Waals surface area contributed by atoms with Gasteiger partial charge in [0, 0.05) is 5.41 Å². The summed E-state index contributed by atoms with van der Waals surface area (Å²) in [6.45, 7) is 5.60. The third-order valence-corrected chi connectivity index (χ3v) is 3.71. The molecule has 2 rings (SSSR count). The van der Waals surface area contributed by atoms with Gasteiger partial charge in [-0.3, -0.25) is 4.79 Å². The molecule has 0 bridgehead atoms. The predicted molar refractivity (Wildman–Crippen MR) is 82.0 cm³/mol. The fraction of sp³-hybridized carbons (Fsp3) is 0.529. The number of carbonyl (C=O) groups excluding carboxylic acids is 1. The predicted octanol–water partition coefficient (Wildman–Crippen LogP) is 2.25. The number of aliphatic carboxylic acids is 1. The largest absolute Gasteiger partial charge is 0.497 e. The number of carboxylic acid groups (broad SMARTS) is 1. The smallest absolute Gasteiger partial charge is 0.338 e. The van der Waals surface area contributed by atoms with Gasteiger partial charge in [-0.2, -0.15) is 0 Å². The zero-order valence-electron chi connectivity index (χ0n) is 13.7. The Morgan fingerprint density at radius 1 is 1.39 bits per heavy atom. The zero-order valence-corrected chi connectivity index (χ0v) is 13.7. The van der Waals surface area contributed by atoms with Gasteiger partial charge in [0.15, 0.2) is 6.10 Å². The second-order valence-corrected chi connectivity index (χ2v) is 6.69. The number of carboxylic acids is 1. The van der Waals surface area contributed by atoms with E-state index in [0.717, 1.165) is 5.56 Å². The molecule has 1 saturated heterocycles. The Hall–Kier alpha value is -2.08. The van der Waals surface area contributed by atoms with Crippen LogP contribution in [0.1, 0.15) is 26.3 Å². The van der Waals surface area contributed by atoms with E-state index in [9.17, 15) is 14.7 Å². The first-order valence-corrected chi connectivity index (χ1v) is 7.44. The molecule has 0 saturated carbocycles. The molecule has 1 heterocycles. The van der Waals surface area contributed by atoms with Crippen LogP contribution in [-0.2, 0) is 25.5 Å². The Bertz CT molecular complexity index is 589. The van der Waals surface area contributed by atoms with Crippen molar-refractivity contribution in [2.24, 2.45) is 11.3 Å². The highest BCUT2D eigenvalue weighted by Crippen LogP contribution is 2.33. The number of benzene rings is 1. The van der Waals surface area contributed by atoms with E-state index in [1.54, 1.807) is 31.4 Å². The molecule has 1 N–H and O–H groups in total. The van der Waals surface area contributed by atoms with Gasteiger partial charge in [-0.05, 0) is 24.1 Å². The van der Waals surface area contributed by atoms with Crippen LogP contribution in [0.4, 0.5) is 0 Å². The maximum atomic E-state index is 12.1. The van der Waals surface area contributed by atoms with Crippen molar-refractivity contribution in [2.75, 3.05) is 7.11 Å². The number of methoxy groups -OCH3 is 1. The lowest BCUT2D eigenvalue weighted by atomic mass is 9.93. The minimum absolute atomic E-state index is 0.156. The van der Waals surface area contributed by atoms with Crippen molar-refractivity contribution < 1.29 is 28.9 Å². The molecule has 0 aliphatic carbocycles. The summed E-state index contributed by atoms with van der Waals surface area (Å²) in [7, 11) is 1.54.